The average Bonchev–Trinajstić information content (AvgIpc) is 2.56. The monoisotopic (exact) mass is 450 g/mol. The van der Waals surface area contributed by atoms with Gasteiger partial charge in [0, 0.05) is 6.54 Å². The van der Waals surface area contributed by atoms with Crippen LogP contribution in [0.1, 0.15) is 31.9 Å². The van der Waals surface area contributed by atoms with Gasteiger partial charge in [-0.2, -0.15) is 18.2 Å². The number of carbonyl (C=O) groups excluding carboxylic acids is 1. The minimum atomic E-state index is -4.67. The fourth-order valence-corrected chi connectivity index (χ4v) is 2.61. The molecule has 0 radical (unpaired) electrons. The Hall–Kier alpha value is -2.19. The third-order valence-electron chi connectivity index (χ3n) is 3.42. The van der Waals surface area contributed by atoms with E-state index >= 15 is 0 Å². The molecule has 0 spiro atoms. The highest BCUT2D eigenvalue weighted by Crippen LogP contribution is 2.39. The maximum absolute atomic E-state index is 12.8. The van der Waals surface area contributed by atoms with Crippen LogP contribution in [0.2, 0.25) is 10.2 Å². The van der Waals surface area contributed by atoms with Crippen molar-refractivity contribution >= 4 is 29.3 Å². The predicted octanol–water partition coefficient (Wildman–Crippen LogP) is 6.27. The molecule has 29 heavy (non-hydrogen) atoms. The van der Waals surface area contributed by atoms with Gasteiger partial charge in [0.2, 0.25) is 5.88 Å². The molecule has 0 saturated heterocycles. The Labute approximate surface area is 176 Å². The third-order valence-corrected chi connectivity index (χ3v) is 3.98. The van der Waals surface area contributed by atoms with E-state index in [1.54, 1.807) is 45.0 Å². The molecule has 5 nitrogen and oxygen atoms in total. The lowest BCUT2D eigenvalue weighted by Crippen LogP contribution is -2.33. The largest absolute Gasteiger partial charge is 0.444 e. The fraction of sp³-hybridized carbons (Fsp3) is 0.368. The van der Waals surface area contributed by atoms with Gasteiger partial charge in [-0.15, -0.1) is 0 Å². The van der Waals surface area contributed by atoms with E-state index in [1.165, 1.54) is 0 Å². The summed E-state index contributed by atoms with van der Waals surface area (Å²) in [5.74, 6) is 0.0862. The zero-order valence-corrected chi connectivity index (χ0v) is 17.4. The van der Waals surface area contributed by atoms with Crippen LogP contribution in [0.25, 0.3) is 0 Å². The average molecular weight is 451 g/mol. The van der Waals surface area contributed by atoms with Crippen molar-refractivity contribution in [3.63, 3.8) is 0 Å². The Bertz CT molecular complexity index is 867. The highest BCUT2D eigenvalue weighted by molar-refractivity contribution is 6.33. The van der Waals surface area contributed by atoms with E-state index in [-0.39, 0.29) is 10.9 Å². The number of alkyl carbamates (subject to hydrolysis) is 1. The number of nitrogens with zero attached hydrogens (tertiary/aromatic N) is 1. The van der Waals surface area contributed by atoms with Crippen LogP contribution in [0.5, 0.6) is 11.6 Å². The number of rotatable bonds is 5. The molecule has 0 saturated carbocycles. The fourth-order valence-electron chi connectivity index (χ4n) is 2.18. The molecule has 2 aromatic rings. The number of carbonyl (C=O) groups is 1. The van der Waals surface area contributed by atoms with Gasteiger partial charge in [-0.1, -0.05) is 35.3 Å². The number of aromatic nitrogens is 1. The van der Waals surface area contributed by atoms with Crippen molar-refractivity contribution in [2.75, 3.05) is 6.54 Å². The van der Waals surface area contributed by atoms with Gasteiger partial charge in [0.25, 0.3) is 0 Å². The smallest absolute Gasteiger partial charge is 0.419 e. The standard InChI is InChI=1S/C19H19Cl2F3N2O3/c1-18(2,3)29-17(27)25-9-8-11-4-6-12(7-5-11)28-16-14(20)10-13(15(21)26-16)19(22,23)24/h4-7,10H,8-9H2,1-3H3,(H,25,27). The molecule has 1 heterocycles. The van der Waals surface area contributed by atoms with Gasteiger partial charge in [0.05, 0.1) is 5.56 Å². The highest BCUT2D eigenvalue weighted by atomic mass is 35.5. The molecule has 2 rings (SSSR count). The first kappa shape index (κ1) is 23.1. The van der Waals surface area contributed by atoms with Crippen molar-refractivity contribution in [3.05, 3.63) is 51.6 Å². The van der Waals surface area contributed by atoms with E-state index in [1.807, 2.05) is 0 Å². The molecule has 1 amide bonds. The molecule has 0 fully saturated rings. The predicted molar refractivity (Wildman–Crippen MR) is 104 cm³/mol. The first-order valence-electron chi connectivity index (χ1n) is 8.52. The van der Waals surface area contributed by atoms with E-state index in [2.05, 4.69) is 10.3 Å². The SMILES string of the molecule is CC(C)(C)OC(=O)NCCc1ccc(Oc2nc(Cl)c(C(F)(F)F)cc2Cl)cc1. The van der Waals surface area contributed by atoms with Crippen LogP contribution in [-0.4, -0.2) is 23.2 Å². The summed E-state index contributed by atoms with van der Waals surface area (Å²) >= 11 is 11.4. The number of pyridine rings is 1. The normalized spacial score (nSPS) is 11.9. The number of hydrogen-bond acceptors (Lipinski definition) is 4. The zero-order valence-electron chi connectivity index (χ0n) is 15.9. The first-order chi connectivity index (χ1) is 13.3. The van der Waals surface area contributed by atoms with Crippen molar-refractivity contribution in [1.82, 2.24) is 10.3 Å². The molecule has 0 aliphatic rings. The van der Waals surface area contributed by atoms with Gasteiger partial charge in [0.15, 0.2) is 0 Å². The lowest BCUT2D eigenvalue weighted by Gasteiger charge is -2.19. The molecular formula is C19H19Cl2F3N2O3. The lowest BCUT2D eigenvalue weighted by atomic mass is 10.1. The van der Waals surface area contributed by atoms with Crippen LogP contribution in [-0.2, 0) is 17.3 Å². The quantitative estimate of drug-likeness (QED) is 0.545. The number of halogens is 5. The number of ether oxygens (including phenoxy) is 2. The zero-order chi connectivity index (χ0) is 21.8. The molecule has 0 bridgehead atoms. The highest BCUT2D eigenvalue weighted by Gasteiger charge is 2.35. The number of benzene rings is 1. The van der Waals surface area contributed by atoms with Gasteiger partial charge in [-0.25, -0.2) is 4.79 Å². The lowest BCUT2D eigenvalue weighted by molar-refractivity contribution is -0.137. The molecule has 1 aromatic heterocycles. The van der Waals surface area contributed by atoms with E-state index in [0.29, 0.717) is 24.8 Å². The summed E-state index contributed by atoms with van der Waals surface area (Å²) in [6.45, 7) is 5.69. The summed E-state index contributed by atoms with van der Waals surface area (Å²) in [4.78, 5) is 15.2. The first-order valence-corrected chi connectivity index (χ1v) is 9.27. The second-order valence-corrected chi connectivity index (χ2v) is 7.80. The van der Waals surface area contributed by atoms with Crippen molar-refractivity contribution in [2.45, 2.75) is 39.0 Å². The second-order valence-electron chi connectivity index (χ2n) is 7.04. The number of amides is 1. The number of alkyl halides is 3. The van der Waals surface area contributed by atoms with Crippen LogP contribution in [0.4, 0.5) is 18.0 Å². The Kier molecular flexibility index (Phi) is 7.24. The van der Waals surface area contributed by atoms with Gasteiger partial charge >= 0.3 is 12.3 Å². The van der Waals surface area contributed by atoms with Crippen LogP contribution < -0.4 is 10.1 Å². The molecule has 1 aromatic carbocycles. The summed E-state index contributed by atoms with van der Waals surface area (Å²) in [6.07, 6.45) is -4.62. The Morgan fingerprint density at radius 3 is 2.31 bits per heavy atom. The summed E-state index contributed by atoms with van der Waals surface area (Å²) in [5, 5.41) is 1.59. The summed E-state index contributed by atoms with van der Waals surface area (Å²) in [7, 11) is 0. The molecule has 158 valence electrons. The molecule has 0 atom stereocenters. The summed E-state index contributed by atoms with van der Waals surface area (Å²) < 4.78 is 49.0. The van der Waals surface area contributed by atoms with Crippen molar-refractivity contribution in [2.24, 2.45) is 0 Å². The minimum Gasteiger partial charge on any atom is -0.444 e. The van der Waals surface area contributed by atoms with Gasteiger partial charge in [-0.05, 0) is 51.0 Å². The molecule has 10 heteroatoms. The Balaban J connectivity index is 1.96. The number of nitrogens with one attached hydrogen (secondary N) is 1. The molecular weight excluding hydrogens is 432 g/mol. The van der Waals surface area contributed by atoms with Crippen molar-refractivity contribution < 1.29 is 27.4 Å². The van der Waals surface area contributed by atoms with Crippen molar-refractivity contribution in [3.8, 4) is 11.6 Å². The summed E-state index contributed by atoms with van der Waals surface area (Å²) in [6, 6.07) is 7.36. The van der Waals surface area contributed by atoms with E-state index in [4.69, 9.17) is 32.7 Å². The molecule has 1 N–H and O–H groups in total. The van der Waals surface area contributed by atoms with Crippen LogP contribution in [0.3, 0.4) is 0 Å². The topological polar surface area (TPSA) is 60.5 Å². The minimum absolute atomic E-state index is 0.232. The van der Waals surface area contributed by atoms with E-state index in [0.717, 1.165) is 5.56 Å². The van der Waals surface area contributed by atoms with Gasteiger partial charge in [-0.3, -0.25) is 0 Å². The van der Waals surface area contributed by atoms with Crippen LogP contribution >= 0.6 is 23.2 Å². The van der Waals surface area contributed by atoms with Gasteiger partial charge in [0.1, 0.15) is 21.5 Å². The second kappa shape index (κ2) is 9.09. The van der Waals surface area contributed by atoms with E-state index < -0.39 is 28.6 Å². The Morgan fingerprint density at radius 2 is 1.76 bits per heavy atom. The Morgan fingerprint density at radius 1 is 1.14 bits per heavy atom. The third kappa shape index (κ3) is 7.29. The van der Waals surface area contributed by atoms with Crippen LogP contribution in [0, 0.1) is 0 Å². The molecule has 0 unspecified atom stereocenters. The maximum atomic E-state index is 12.8. The van der Waals surface area contributed by atoms with Gasteiger partial charge < -0.3 is 14.8 Å². The van der Waals surface area contributed by atoms with E-state index in [9.17, 15) is 18.0 Å². The van der Waals surface area contributed by atoms with Crippen LogP contribution in [0.15, 0.2) is 30.3 Å². The van der Waals surface area contributed by atoms with Crippen molar-refractivity contribution in [1.29, 1.82) is 0 Å². The number of hydrogen-bond donors (Lipinski definition) is 1. The summed E-state index contributed by atoms with van der Waals surface area (Å²) in [5.41, 5.74) is -0.804. The molecule has 0 aliphatic heterocycles. The molecule has 0 aliphatic carbocycles. The maximum Gasteiger partial charge on any atom is 0.419 e.